The first-order valence-electron chi connectivity index (χ1n) is 13.2. The van der Waals surface area contributed by atoms with Gasteiger partial charge < -0.3 is 25.2 Å². The van der Waals surface area contributed by atoms with E-state index in [0.717, 1.165) is 20.8 Å². The highest BCUT2D eigenvalue weighted by Crippen LogP contribution is 2.37. The van der Waals surface area contributed by atoms with Crippen LogP contribution in [0.4, 0.5) is 11.4 Å². The largest absolute Gasteiger partial charge is 0.496 e. The number of anilines is 2. The van der Waals surface area contributed by atoms with Gasteiger partial charge in [-0.2, -0.15) is 0 Å². The number of methoxy groups -OCH3 is 1. The van der Waals surface area contributed by atoms with E-state index in [2.05, 4.69) is 26.6 Å². The van der Waals surface area contributed by atoms with Crippen molar-refractivity contribution in [3.8, 4) is 5.75 Å². The van der Waals surface area contributed by atoms with Crippen LogP contribution in [-0.4, -0.2) is 62.0 Å². The summed E-state index contributed by atoms with van der Waals surface area (Å²) >= 11 is 3.51. The number of amides is 3. The fraction of sp³-hybridized carbons (Fsp3) is 0.345. The molecule has 0 fully saturated rings. The number of nitrogens with zero attached hydrogens (tertiary/aromatic N) is 3. The molecule has 1 heterocycles. The highest BCUT2D eigenvalue weighted by Gasteiger charge is 2.37. The third-order valence-electron chi connectivity index (χ3n) is 7.15. The van der Waals surface area contributed by atoms with Crippen LogP contribution in [-0.2, 0) is 20.9 Å². The van der Waals surface area contributed by atoms with Crippen molar-refractivity contribution in [2.24, 2.45) is 0 Å². The number of rotatable bonds is 10. The molecule has 0 saturated carbocycles. The molecule has 2 atom stereocenters. The van der Waals surface area contributed by atoms with Crippen molar-refractivity contribution in [1.82, 2.24) is 10.6 Å². The SMILES string of the molecule is CNC(C)C(=O)NC1CN(C(=O)CCC[N+](=O)[O-])c2ccccc2N(Cc2c(OC)ccc3cc(Br)ccc23)C1=O.Cl. The van der Waals surface area contributed by atoms with Gasteiger partial charge in [-0.25, -0.2) is 0 Å². The van der Waals surface area contributed by atoms with E-state index in [4.69, 9.17) is 4.74 Å². The van der Waals surface area contributed by atoms with Gasteiger partial charge >= 0.3 is 0 Å². The molecule has 0 spiro atoms. The number of carbonyl (C=O) groups excluding carboxylic acids is 3. The van der Waals surface area contributed by atoms with Gasteiger partial charge in [0.1, 0.15) is 11.8 Å². The predicted molar refractivity (Wildman–Crippen MR) is 167 cm³/mol. The van der Waals surface area contributed by atoms with Crippen LogP contribution in [0.25, 0.3) is 10.8 Å². The Morgan fingerprint density at radius 2 is 1.88 bits per heavy atom. The molecule has 0 radical (unpaired) electrons. The van der Waals surface area contributed by atoms with Crippen molar-refractivity contribution in [2.75, 3.05) is 37.0 Å². The molecule has 3 aromatic carbocycles. The zero-order valence-corrected chi connectivity index (χ0v) is 25.9. The molecule has 224 valence electrons. The third-order valence-corrected chi connectivity index (χ3v) is 7.65. The van der Waals surface area contributed by atoms with Crippen molar-refractivity contribution in [3.63, 3.8) is 0 Å². The summed E-state index contributed by atoms with van der Waals surface area (Å²) in [6, 6.07) is 15.0. The molecular weight excluding hydrogens is 630 g/mol. The number of nitrogens with one attached hydrogen (secondary N) is 2. The van der Waals surface area contributed by atoms with Gasteiger partial charge in [-0.05, 0) is 55.1 Å². The lowest BCUT2D eigenvalue weighted by molar-refractivity contribution is -0.480. The molecule has 3 aromatic rings. The van der Waals surface area contributed by atoms with E-state index in [9.17, 15) is 24.5 Å². The van der Waals surface area contributed by atoms with Crippen LogP contribution in [0.3, 0.4) is 0 Å². The van der Waals surface area contributed by atoms with Gasteiger partial charge in [0.25, 0.3) is 5.91 Å². The van der Waals surface area contributed by atoms with Crippen molar-refractivity contribution in [2.45, 2.75) is 38.4 Å². The Morgan fingerprint density at radius 3 is 2.55 bits per heavy atom. The Balaban J connectivity index is 0.00000484. The first kappa shape index (κ1) is 32.8. The molecule has 42 heavy (non-hydrogen) atoms. The fourth-order valence-corrected chi connectivity index (χ4v) is 5.25. The molecule has 0 aliphatic carbocycles. The van der Waals surface area contributed by atoms with Gasteiger partial charge in [0, 0.05) is 27.8 Å². The number of carbonyl (C=O) groups is 3. The lowest BCUT2D eigenvalue weighted by atomic mass is 10.0. The first-order valence-corrected chi connectivity index (χ1v) is 14.0. The van der Waals surface area contributed by atoms with E-state index in [1.807, 2.05) is 30.3 Å². The van der Waals surface area contributed by atoms with Gasteiger partial charge in [0.2, 0.25) is 18.4 Å². The summed E-state index contributed by atoms with van der Waals surface area (Å²) in [5, 5.41) is 18.4. The third kappa shape index (κ3) is 7.18. The average molecular weight is 663 g/mol. The number of para-hydroxylation sites is 2. The molecule has 11 nitrogen and oxygen atoms in total. The molecule has 2 unspecified atom stereocenters. The lowest BCUT2D eigenvalue weighted by Gasteiger charge is -2.27. The Morgan fingerprint density at radius 1 is 1.17 bits per heavy atom. The van der Waals surface area contributed by atoms with Gasteiger partial charge in [-0.3, -0.25) is 24.5 Å². The maximum Gasteiger partial charge on any atom is 0.251 e. The minimum atomic E-state index is -1.07. The molecule has 1 aliphatic heterocycles. The van der Waals surface area contributed by atoms with E-state index < -0.39 is 28.8 Å². The number of likely N-dealkylation sites (N-methyl/N-ethyl adjacent to an activating group) is 1. The number of fused-ring (bicyclic) bond motifs is 2. The van der Waals surface area contributed by atoms with Crippen LogP contribution in [0.2, 0.25) is 0 Å². The Hall–Kier alpha value is -3.74. The maximum atomic E-state index is 14.2. The van der Waals surface area contributed by atoms with Crippen LogP contribution in [0.15, 0.2) is 59.1 Å². The molecular formula is C29H33BrClN5O6. The number of hydrogen-bond donors (Lipinski definition) is 2. The zero-order chi connectivity index (χ0) is 29.7. The van der Waals surface area contributed by atoms with Gasteiger partial charge in [0.05, 0.1) is 37.6 Å². The molecule has 0 saturated heterocycles. The highest BCUT2D eigenvalue weighted by molar-refractivity contribution is 9.10. The number of ether oxygens (including phenoxy) is 1. The summed E-state index contributed by atoms with van der Waals surface area (Å²) in [7, 11) is 3.20. The van der Waals surface area contributed by atoms with Gasteiger partial charge in [-0.15, -0.1) is 12.4 Å². The molecule has 13 heteroatoms. The van der Waals surface area contributed by atoms with Crippen LogP contribution in [0.1, 0.15) is 25.3 Å². The second kappa shape index (κ2) is 14.4. The molecule has 0 bridgehead atoms. The maximum absolute atomic E-state index is 14.2. The van der Waals surface area contributed by atoms with Crippen LogP contribution in [0.5, 0.6) is 5.75 Å². The first-order chi connectivity index (χ1) is 19.6. The minimum Gasteiger partial charge on any atom is -0.496 e. The van der Waals surface area contributed by atoms with E-state index >= 15 is 0 Å². The molecule has 4 rings (SSSR count). The van der Waals surface area contributed by atoms with Crippen molar-refractivity contribution < 1.29 is 24.0 Å². The van der Waals surface area contributed by atoms with Crippen molar-refractivity contribution >= 4 is 68.2 Å². The topological polar surface area (TPSA) is 134 Å². The molecule has 0 aromatic heterocycles. The highest BCUT2D eigenvalue weighted by atomic mass is 79.9. The lowest BCUT2D eigenvalue weighted by Crippen LogP contribution is -2.55. The molecule has 1 aliphatic rings. The molecule has 2 N–H and O–H groups in total. The monoisotopic (exact) mass is 661 g/mol. The normalized spacial score (nSPS) is 15.3. The summed E-state index contributed by atoms with van der Waals surface area (Å²) in [4.78, 5) is 54.0. The van der Waals surface area contributed by atoms with E-state index in [1.54, 1.807) is 50.2 Å². The van der Waals surface area contributed by atoms with Gasteiger partial charge in [0.15, 0.2) is 0 Å². The average Bonchev–Trinajstić information content (AvgIpc) is 3.07. The van der Waals surface area contributed by atoms with E-state index in [0.29, 0.717) is 17.1 Å². The van der Waals surface area contributed by atoms with Crippen LogP contribution < -0.4 is 25.2 Å². The Bertz CT molecular complexity index is 1490. The summed E-state index contributed by atoms with van der Waals surface area (Å²) in [6.45, 7) is 1.31. The number of nitro groups is 1. The molecule has 3 amide bonds. The second-order valence-corrected chi connectivity index (χ2v) is 10.7. The predicted octanol–water partition coefficient (Wildman–Crippen LogP) is 4.06. The fourth-order valence-electron chi connectivity index (χ4n) is 4.87. The smallest absolute Gasteiger partial charge is 0.251 e. The van der Waals surface area contributed by atoms with Crippen LogP contribution >= 0.6 is 28.3 Å². The quantitative estimate of drug-likeness (QED) is 0.247. The Labute approximate surface area is 258 Å². The summed E-state index contributed by atoms with van der Waals surface area (Å²) < 4.78 is 6.60. The summed E-state index contributed by atoms with van der Waals surface area (Å²) in [6.07, 6.45) is -0.0259. The van der Waals surface area contributed by atoms with Gasteiger partial charge in [-0.1, -0.05) is 40.2 Å². The standard InChI is InChI=1S/C29H32BrN5O6.ClH/c1-18(31-2)28(37)32-23-17-33(27(36)9-6-14-35(39)40)24-7-4-5-8-25(24)34(29(23)38)16-22-21-12-11-20(30)15-19(21)10-13-26(22)41-3;/h4-5,7-8,10-13,15,18,23,31H,6,9,14,16-17H2,1-3H3,(H,32,37);1H. The summed E-state index contributed by atoms with van der Waals surface area (Å²) in [5.41, 5.74) is 1.72. The van der Waals surface area contributed by atoms with E-state index in [1.165, 1.54) is 4.90 Å². The van der Waals surface area contributed by atoms with E-state index in [-0.39, 0.29) is 50.8 Å². The summed E-state index contributed by atoms with van der Waals surface area (Å²) in [5.74, 6) is -0.579. The zero-order valence-electron chi connectivity index (χ0n) is 23.5. The Kier molecular flexibility index (Phi) is 11.3. The minimum absolute atomic E-state index is 0. The van der Waals surface area contributed by atoms with Crippen molar-refractivity contribution in [3.05, 3.63) is 74.7 Å². The number of benzene rings is 3. The number of halogens is 2. The second-order valence-electron chi connectivity index (χ2n) is 9.76. The number of hydrogen-bond acceptors (Lipinski definition) is 7. The van der Waals surface area contributed by atoms with Crippen LogP contribution in [0, 0.1) is 10.1 Å². The van der Waals surface area contributed by atoms with Crippen molar-refractivity contribution in [1.29, 1.82) is 0 Å².